The molecule has 1 aromatic rings. The molecule has 0 fully saturated rings. The molecule has 2 rings (SSSR count). The van der Waals surface area contributed by atoms with E-state index in [0.717, 1.165) is 0 Å². The molecule has 17 heavy (non-hydrogen) atoms. The molecule has 0 saturated heterocycles. The highest BCUT2D eigenvalue weighted by molar-refractivity contribution is 6.32. The highest BCUT2D eigenvalue weighted by Crippen LogP contribution is 2.39. The van der Waals surface area contributed by atoms with E-state index in [4.69, 9.17) is 16.3 Å². The maximum atomic E-state index is 10.7. The molecular formula is C11H12ClNO4. The lowest BCUT2D eigenvalue weighted by atomic mass is 9.91. The van der Waals surface area contributed by atoms with Crippen molar-refractivity contribution in [3.05, 3.63) is 32.8 Å². The molecule has 0 aromatic heterocycles. The Hall–Kier alpha value is -1.33. The van der Waals surface area contributed by atoms with Crippen molar-refractivity contribution >= 4 is 17.3 Å². The lowest BCUT2D eigenvalue weighted by Crippen LogP contribution is -2.46. The molecule has 92 valence electrons. The maximum absolute atomic E-state index is 10.7. The lowest BCUT2D eigenvalue weighted by Gasteiger charge is -2.36. The van der Waals surface area contributed by atoms with Crippen molar-refractivity contribution < 1.29 is 14.8 Å². The minimum absolute atomic E-state index is 0.0595. The summed E-state index contributed by atoms with van der Waals surface area (Å²) in [6.07, 6.45) is -0.285. The fraction of sp³-hybridized carbons (Fsp3) is 0.455. The number of nitro groups is 1. The average Bonchev–Trinajstić information content (AvgIpc) is 2.19. The van der Waals surface area contributed by atoms with Crippen molar-refractivity contribution in [2.45, 2.75) is 32.0 Å². The largest absolute Gasteiger partial charge is 0.485 e. The Morgan fingerprint density at radius 2 is 2.24 bits per heavy atom. The fourth-order valence-electron chi connectivity index (χ4n) is 1.78. The number of benzene rings is 1. The Balaban J connectivity index is 2.50. The van der Waals surface area contributed by atoms with Crippen molar-refractivity contribution in [2.24, 2.45) is 0 Å². The van der Waals surface area contributed by atoms with E-state index in [1.54, 1.807) is 13.8 Å². The van der Waals surface area contributed by atoms with Crippen LogP contribution in [0.4, 0.5) is 5.69 Å². The number of fused-ring (bicyclic) bond motifs is 1. The molecule has 1 aliphatic heterocycles. The molecule has 0 saturated carbocycles. The van der Waals surface area contributed by atoms with Gasteiger partial charge >= 0.3 is 0 Å². The number of hydrogen-bond donors (Lipinski definition) is 1. The molecular weight excluding hydrogens is 246 g/mol. The van der Waals surface area contributed by atoms with E-state index < -0.39 is 16.6 Å². The second kappa shape index (κ2) is 3.85. The van der Waals surface area contributed by atoms with Gasteiger partial charge in [-0.3, -0.25) is 10.1 Å². The third-order valence-electron chi connectivity index (χ3n) is 2.92. The van der Waals surface area contributed by atoms with Crippen LogP contribution in [-0.2, 0) is 6.42 Å². The van der Waals surface area contributed by atoms with Crippen LogP contribution in [0.25, 0.3) is 0 Å². The van der Waals surface area contributed by atoms with Gasteiger partial charge in [-0.05, 0) is 25.5 Å². The van der Waals surface area contributed by atoms with Gasteiger partial charge in [0.15, 0.2) is 0 Å². The molecule has 1 aliphatic rings. The highest BCUT2D eigenvalue weighted by Gasteiger charge is 2.36. The van der Waals surface area contributed by atoms with Gasteiger partial charge in [-0.15, -0.1) is 0 Å². The van der Waals surface area contributed by atoms with Crippen LogP contribution in [-0.4, -0.2) is 21.7 Å². The first-order chi connectivity index (χ1) is 7.81. The molecule has 0 bridgehead atoms. The molecule has 1 N–H and O–H groups in total. The first-order valence-corrected chi connectivity index (χ1v) is 5.53. The Kier molecular flexibility index (Phi) is 2.75. The standard InChI is InChI=1S/C11H12ClNO4/c1-11(2)10(14)4-6-3-7(12)8(13(15)16)5-9(6)17-11/h3,5,10,14H,4H2,1-2H3. The zero-order valence-corrected chi connectivity index (χ0v) is 10.2. The summed E-state index contributed by atoms with van der Waals surface area (Å²) in [5.74, 6) is 0.413. The summed E-state index contributed by atoms with van der Waals surface area (Å²) in [7, 11) is 0. The second-order valence-corrected chi connectivity index (χ2v) is 5.00. The first kappa shape index (κ1) is 12.1. The van der Waals surface area contributed by atoms with E-state index in [-0.39, 0.29) is 10.7 Å². The zero-order chi connectivity index (χ0) is 12.8. The third-order valence-corrected chi connectivity index (χ3v) is 3.22. The Labute approximate surface area is 103 Å². The number of ether oxygens (including phenoxy) is 1. The Bertz CT molecular complexity index is 487. The van der Waals surface area contributed by atoms with Crippen molar-refractivity contribution in [3.63, 3.8) is 0 Å². The lowest BCUT2D eigenvalue weighted by molar-refractivity contribution is -0.384. The van der Waals surface area contributed by atoms with E-state index in [1.165, 1.54) is 12.1 Å². The van der Waals surface area contributed by atoms with Gasteiger partial charge in [0.05, 0.1) is 17.1 Å². The van der Waals surface area contributed by atoms with Gasteiger partial charge in [-0.1, -0.05) is 11.6 Å². The molecule has 0 amide bonds. The van der Waals surface area contributed by atoms with E-state index in [1.807, 2.05) is 0 Å². The summed E-state index contributed by atoms with van der Waals surface area (Å²) >= 11 is 5.80. The molecule has 5 nitrogen and oxygen atoms in total. The van der Waals surface area contributed by atoms with Gasteiger partial charge in [-0.2, -0.15) is 0 Å². The van der Waals surface area contributed by atoms with Crippen LogP contribution in [0.1, 0.15) is 19.4 Å². The Morgan fingerprint density at radius 3 is 2.82 bits per heavy atom. The van der Waals surface area contributed by atoms with Crippen LogP contribution < -0.4 is 4.74 Å². The van der Waals surface area contributed by atoms with Crippen LogP contribution in [0.2, 0.25) is 5.02 Å². The monoisotopic (exact) mass is 257 g/mol. The molecule has 0 radical (unpaired) electrons. The van der Waals surface area contributed by atoms with E-state index in [9.17, 15) is 15.2 Å². The highest BCUT2D eigenvalue weighted by atomic mass is 35.5. The molecule has 1 aromatic carbocycles. The van der Waals surface area contributed by atoms with Gasteiger partial charge < -0.3 is 9.84 Å². The summed E-state index contributed by atoms with van der Waals surface area (Å²) in [4.78, 5) is 10.2. The number of rotatable bonds is 1. The van der Waals surface area contributed by atoms with Gasteiger partial charge in [0.1, 0.15) is 16.4 Å². The number of halogens is 1. The van der Waals surface area contributed by atoms with Crippen LogP contribution >= 0.6 is 11.6 Å². The molecule has 1 heterocycles. The van der Waals surface area contributed by atoms with Crippen molar-refractivity contribution in [1.82, 2.24) is 0 Å². The van der Waals surface area contributed by atoms with Crippen LogP contribution in [0.3, 0.4) is 0 Å². The summed E-state index contributed by atoms with van der Waals surface area (Å²) in [5.41, 5.74) is -0.251. The quantitative estimate of drug-likeness (QED) is 0.619. The molecule has 0 aliphatic carbocycles. The SMILES string of the molecule is CC1(C)Oc2cc([N+](=O)[O-])c(Cl)cc2CC1O. The summed E-state index contributed by atoms with van der Waals surface area (Å²) in [6, 6.07) is 2.79. The predicted molar refractivity (Wildman–Crippen MR) is 62.5 cm³/mol. The number of hydrogen-bond acceptors (Lipinski definition) is 4. The number of nitro benzene ring substituents is 1. The van der Waals surface area contributed by atoms with Crippen LogP contribution in [0.5, 0.6) is 5.75 Å². The van der Waals surface area contributed by atoms with E-state index in [0.29, 0.717) is 17.7 Å². The normalized spacial score (nSPS) is 21.5. The van der Waals surface area contributed by atoms with Gasteiger partial charge in [0.25, 0.3) is 5.69 Å². The maximum Gasteiger partial charge on any atom is 0.291 e. The Morgan fingerprint density at radius 1 is 1.59 bits per heavy atom. The number of aliphatic hydroxyl groups excluding tert-OH is 1. The van der Waals surface area contributed by atoms with Crippen molar-refractivity contribution in [1.29, 1.82) is 0 Å². The predicted octanol–water partition coefficient (Wildman–Crippen LogP) is 2.32. The van der Waals surface area contributed by atoms with Crippen molar-refractivity contribution in [3.8, 4) is 5.75 Å². The van der Waals surface area contributed by atoms with Gasteiger partial charge in [-0.25, -0.2) is 0 Å². The molecule has 1 unspecified atom stereocenters. The average molecular weight is 258 g/mol. The summed E-state index contributed by atoms with van der Waals surface area (Å²) in [6.45, 7) is 3.47. The smallest absolute Gasteiger partial charge is 0.291 e. The topological polar surface area (TPSA) is 72.6 Å². The fourth-order valence-corrected chi connectivity index (χ4v) is 2.04. The minimum Gasteiger partial charge on any atom is -0.485 e. The third kappa shape index (κ3) is 2.08. The molecule has 6 heteroatoms. The summed E-state index contributed by atoms with van der Waals surface area (Å²) < 4.78 is 5.56. The zero-order valence-electron chi connectivity index (χ0n) is 9.44. The molecule has 1 atom stereocenters. The first-order valence-electron chi connectivity index (χ1n) is 5.15. The summed E-state index contributed by atoms with van der Waals surface area (Å²) in [5, 5.41) is 20.7. The number of aliphatic hydroxyl groups is 1. The number of nitrogens with zero attached hydrogens (tertiary/aromatic N) is 1. The van der Waals surface area contributed by atoms with E-state index >= 15 is 0 Å². The van der Waals surface area contributed by atoms with Crippen molar-refractivity contribution in [2.75, 3.05) is 0 Å². The van der Waals surface area contributed by atoms with Gasteiger partial charge in [0.2, 0.25) is 0 Å². The second-order valence-electron chi connectivity index (χ2n) is 4.59. The van der Waals surface area contributed by atoms with Crippen LogP contribution in [0.15, 0.2) is 12.1 Å². The van der Waals surface area contributed by atoms with Gasteiger partial charge in [0, 0.05) is 6.42 Å². The molecule has 0 spiro atoms. The van der Waals surface area contributed by atoms with Crippen LogP contribution in [0, 0.1) is 10.1 Å². The minimum atomic E-state index is -0.755. The van der Waals surface area contributed by atoms with E-state index in [2.05, 4.69) is 0 Å².